The first-order valence-corrected chi connectivity index (χ1v) is 9.20. The molecule has 2 aromatic rings. The number of esters is 1. The molecule has 1 aliphatic rings. The van der Waals surface area contributed by atoms with Crippen molar-refractivity contribution in [3.8, 4) is 0 Å². The van der Waals surface area contributed by atoms with Crippen molar-refractivity contribution in [3.63, 3.8) is 0 Å². The molecule has 3 rings (SSSR count). The largest absolute Gasteiger partial charge is 0.458 e. The number of fused-ring (bicyclic) bond motifs is 1. The Morgan fingerprint density at radius 3 is 2.65 bits per heavy atom. The highest BCUT2D eigenvalue weighted by Gasteiger charge is 2.37. The zero-order valence-electron chi connectivity index (χ0n) is 14.9. The molecule has 1 amide bonds. The maximum Gasteiger partial charge on any atom is 0.329 e. The molecule has 1 saturated heterocycles. The second-order valence-corrected chi connectivity index (χ2v) is 8.11. The van der Waals surface area contributed by atoms with Crippen LogP contribution in [0.25, 0.3) is 10.8 Å². The number of nitrogens with zero attached hydrogens (tertiary/aromatic N) is 2. The van der Waals surface area contributed by atoms with Crippen molar-refractivity contribution >= 4 is 45.9 Å². The molecule has 7 heteroatoms. The normalized spacial score (nSPS) is 17.6. The van der Waals surface area contributed by atoms with Crippen molar-refractivity contribution in [2.45, 2.75) is 45.3 Å². The van der Waals surface area contributed by atoms with Crippen LogP contribution in [0.15, 0.2) is 24.4 Å². The first-order valence-electron chi connectivity index (χ1n) is 8.45. The predicted octanol–water partition coefficient (Wildman–Crippen LogP) is 4.49. The number of hydrogen-bond acceptors (Lipinski definition) is 4. The van der Waals surface area contributed by atoms with Crippen molar-refractivity contribution in [2.75, 3.05) is 6.54 Å². The van der Waals surface area contributed by atoms with E-state index in [-0.39, 0.29) is 17.0 Å². The van der Waals surface area contributed by atoms with Crippen LogP contribution in [-0.2, 0) is 9.53 Å². The van der Waals surface area contributed by atoms with Crippen LogP contribution in [0.2, 0.25) is 10.2 Å². The van der Waals surface area contributed by atoms with Gasteiger partial charge in [-0.05, 0) is 45.7 Å². The molecule has 0 N–H and O–H groups in total. The zero-order valence-corrected chi connectivity index (χ0v) is 16.4. The SMILES string of the molecule is CC(C)(C)OC(=O)C1CCCN1C(=O)c1ccc2c(Cl)cnc(Cl)c2c1. The van der Waals surface area contributed by atoms with Crippen LogP contribution in [0.1, 0.15) is 44.0 Å². The molecule has 2 heterocycles. The number of hydrogen-bond donors (Lipinski definition) is 0. The highest BCUT2D eigenvalue weighted by Crippen LogP contribution is 2.30. The quantitative estimate of drug-likeness (QED) is 0.556. The maximum absolute atomic E-state index is 13.0. The average Bonchev–Trinajstić information content (AvgIpc) is 3.05. The summed E-state index contributed by atoms with van der Waals surface area (Å²) in [6.07, 6.45) is 2.84. The van der Waals surface area contributed by atoms with Crippen molar-refractivity contribution in [2.24, 2.45) is 0 Å². The summed E-state index contributed by atoms with van der Waals surface area (Å²) in [5.74, 6) is -0.594. The average molecular weight is 395 g/mol. The third-order valence-corrected chi connectivity index (χ3v) is 4.83. The Hall–Kier alpha value is -1.85. The number of ether oxygens (including phenoxy) is 1. The van der Waals surface area contributed by atoms with E-state index in [0.29, 0.717) is 28.9 Å². The minimum absolute atomic E-state index is 0.226. The van der Waals surface area contributed by atoms with Crippen molar-refractivity contribution in [3.05, 3.63) is 40.1 Å². The topological polar surface area (TPSA) is 59.5 Å². The van der Waals surface area contributed by atoms with Gasteiger partial charge in [0, 0.05) is 29.1 Å². The van der Waals surface area contributed by atoms with Gasteiger partial charge in [-0.25, -0.2) is 9.78 Å². The number of aromatic nitrogens is 1. The lowest BCUT2D eigenvalue weighted by Gasteiger charge is -2.27. The van der Waals surface area contributed by atoms with Crippen LogP contribution in [0, 0.1) is 0 Å². The Kier molecular flexibility index (Phi) is 5.13. The van der Waals surface area contributed by atoms with Gasteiger partial charge in [-0.2, -0.15) is 0 Å². The van der Waals surface area contributed by atoms with Gasteiger partial charge in [0.2, 0.25) is 0 Å². The Morgan fingerprint density at radius 1 is 1.23 bits per heavy atom. The molecule has 5 nitrogen and oxygen atoms in total. The van der Waals surface area contributed by atoms with Gasteiger partial charge in [0.1, 0.15) is 16.8 Å². The lowest BCUT2D eigenvalue weighted by atomic mass is 10.1. The Balaban J connectivity index is 1.90. The van der Waals surface area contributed by atoms with Gasteiger partial charge < -0.3 is 9.64 Å². The van der Waals surface area contributed by atoms with E-state index in [0.717, 1.165) is 11.8 Å². The first kappa shape index (κ1) is 18.9. The van der Waals surface area contributed by atoms with Crippen LogP contribution in [-0.4, -0.2) is 39.9 Å². The second kappa shape index (κ2) is 7.05. The molecule has 0 saturated carbocycles. The summed E-state index contributed by atoms with van der Waals surface area (Å²) in [6, 6.07) is 4.54. The summed E-state index contributed by atoms with van der Waals surface area (Å²) in [7, 11) is 0. The molecule has 26 heavy (non-hydrogen) atoms. The Morgan fingerprint density at radius 2 is 1.96 bits per heavy atom. The van der Waals surface area contributed by atoms with E-state index in [9.17, 15) is 9.59 Å². The van der Waals surface area contributed by atoms with E-state index in [1.165, 1.54) is 6.20 Å². The number of likely N-dealkylation sites (tertiary alicyclic amines) is 1. The number of rotatable bonds is 2. The van der Waals surface area contributed by atoms with E-state index in [2.05, 4.69) is 4.98 Å². The molecule has 1 aliphatic heterocycles. The molecule has 0 spiro atoms. The van der Waals surface area contributed by atoms with E-state index in [4.69, 9.17) is 27.9 Å². The molecule has 0 aliphatic carbocycles. The van der Waals surface area contributed by atoms with E-state index < -0.39 is 11.6 Å². The number of carbonyl (C=O) groups excluding carboxylic acids is 2. The van der Waals surface area contributed by atoms with Crippen molar-refractivity contribution in [1.82, 2.24) is 9.88 Å². The minimum Gasteiger partial charge on any atom is -0.458 e. The number of benzene rings is 1. The van der Waals surface area contributed by atoms with Gasteiger partial charge in [0.25, 0.3) is 5.91 Å². The van der Waals surface area contributed by atoms with Gasteiger partial charge in [-0.1, -0.05) is 29.3 Å². The highest BCUT2D eigenvalue weighted by atomic mass is 35.5. The fourth-order valence-corrected chi connectivity index (χ4v) is 3.52. The minimum atomic E-state index is -0.590. The van der Waals surface area contributed by atoms with Gasteiger partial charge in [-0.15, -0.1) is 0 Å². The number of halogens is 2. The van der Waals surface area contributed by atoms with Crippen molar-refractivity contribution < 1.29 is 14.3 Å². The van der Waals surface area contributed by atoms with Gasteiger partial charge in [0.15, 0.2) is 0 Å². The van der Waals surface area contributed by atoms with Crippen molar-refractivity contribution in [1.29, 1.82) is 0 Å². The molecule has 0 bridgehead atoms. The molecule has 1 aromatic heterocycles. The molecule has 1 fully saturated rings. The molecule has 0 radical (unpaired) electrons. The fraction of sp³-hybridized carbons (Fsp3) is 0.421. The molecule has 1 aromatic carbocycles. The van der Waals surface area contributed by atoms with Gasteiger partial charge in [-0.3, -0.25) is 4.79 Å². The van der Waals surface area contributed by atoms with E-state index in [1.54, 1.807) is 23.1 Å². The van der Waals surface area contributed by atoms with Crippen LogP contribution < -0.4 is 0 Å². The van der Waals surface area contributed by atoms with Crippen LogP contribution in [0.3, 0.4) is 0 Å². The number of pyridine rings is 1. The molecule has 1 atom stereocenters. The molecular weight excluding hydrogens is 375 g/mol. The molecule has 1 unspecified atom stereocenters. The molecule has 138 valence electrons. The standard InChI is InChI=1S/C19H20Cl2N2O3/c1-19(2,3)26-18(25)15-5-4-8-23(15)17(24)11-6-7-12-13(9-11)16(21)22-10-14(12)20/h6-7,9-10,15H,4-5,8H2,1-3H3. The fourth-order valence-electron chi connectivity index (χ4n) is 3.10. The third-order valence-electron chi connectivity index (χ3n) is 4.23. The maximum atomic E-state index is 13.0. The summed E-state index contributed by atoms with van der Waals surface area (Å²) < 4.78 is 5.46. The monoisotopic (exact) mass is 394 g/mol. The predicted molar refractivity (Wildman–Crippen MR) is 102 cm³/mol. The van der Waals surface area contributed by atoms with Crippen LogP contribution in [0.4, 0.5) is 0 Å². The summed E-state index contributed by atoms with van der Waals surface area (Å²) in [6.45, 7) is 5.96. The van der Waals surface area contributed by atoms with E-state index in [1.807, 2.05) is 20.8 Å². The van der Waals surface area contributed by atoms with Gasteiger partial charge in [0.05, 0.1) is 5.02 Å². The smallest absolute Gasteiger partial charge is 0.329 e. The number of carbonyl (C=O) groups is 2. The first-order chi connectivity index (χ1) is 12.2. The summed E-state index contributed by atoms with van der Waals surface area (Å²) >= 11 is 12.3. The van der Waals surface area contributed by atoms with Crippen LogP contribution >= 0.6 is 23.2 Å². The van der Waals surface area contributed by atoms with Gasteiger partial charge >= 0.3 is 5.97 Å². The highest BCUT2D eigenvalue weighted by molar-refractivity contribution is 6.39. The summed E-state index contributed by atoms with van der Waals surface area (Å²) in [4.78, 5) is 31.0. The van der Waals surface area contributed by atoms with E-state index >= 15 is 0 Å². The summed E-state index contributed by atoms with van der Waals surface area (Å²) in [5.41, 5.74) is -0.147. The Labute approximate surface area is 162 Å². The summed E-state index contributed by atoms with van der Waals surface area (Å²) in [5, 5.41) is 2.09. The second-order valence-electron chi connectivity index (χ2n) is 7.35. The lowest BCUT2D eigenvalue weighted by molar-refractivity contribution is -0.159. The Bertz CT molecular complexity index is 877. The zero-order chi connectivity index (χ0) is 19.1. The third kappa shape index (κ3) is 3.79. The molecular formula is C19H20Cl2N2O3. The van der Waals surface area contributed by atoms with Crippen LogP contribution in [0.5, 0.6) is 0 Å². The lowest BCUT2D eigenvalue weighted by Crippen LogP contribution is -2.43. The number of amides is 1.